The second-order valence-electron chi connectivity index (χ2n) is 7.37. The van der Waals surface area contributed by atoms with Gasteiger partial charge in [-0.15, -0.1) is 0 Å². The van der Waals surface area contributed by atoms with Gasteiger partial charge in [-0.3, -0.25) is 4.79 Å². The molecule has 1 fully saturated rings. The zero-order valence-electron chi connectivity index (χ0n) is 15.6. The Balaban J connectivity index is 1.49. The lowest BCUT2D eigenvalue weighted by molar-refractivity contribution is 0.0743. The van der Waals surface area contributed by atoms with E-state index in [9.17, 15) is 19.6 Å². The molecule has 2 aliphatic rings. The molecule has 0 saturated carbocycles. The van der Waals surface area contributed by atoms with Crippen LogP contribution >= 0.6 is 0 Å². The maximum absolute atomic E-state index is 13.9. The molecule has 0 unspecified atom stereocenters. The first-order valence-corrected chi connectivity index (χ1v) is 9.66. The number of hydrogen-bond acceptors (Lipinski definition) is 4. The number of fused-ring (bicyclic) bond motifs is 1. The highest BCUT2D eigenvalue weighted by atomic mass is 19.1. The first kappa shape index (κ1) is 18.3. The molecule has 4 rings (SSSR count). The zero-order chi connectivity index (χ0) is 19.7. The van der Waals surface area contributed by atoms with Crippen LogP contribution in [-0.4, -0.2) is 42.1 Å². The molecule has 1 amide bonds. The summed E-state index contributed by atoms with van der Waals surface area (Å²) in [7, 11) is 0. The Hall–Kier alpha value is -3.07. The first-order chi connectivity index (χ1) is 13.6. The highest BCUT2D eigenvalue weighted by Gasteiger charge is 2.26. The fraction of sp³-hybridized carbons (Fsp3) is 0.364. The molecule has 1 saturated heterocycles. The van der Waals surface area contributed by atoms with Gasteiger partial charge in [-0.2, -0.15) is 5.26 Å². The van der Waals surface area contributed by atoms with Crippen LogP contribution in [0.1, 0.15) is 39.9 Å². The van der Waals surface area contributed by atoms with E-state index in [1.165, 1.54) is 6.07 Å². The van der Waals surface area contributed by atoms with Gasteiger partial charge in [0.15, 0.2) is 0 Å². The van der Waals surface area contributed by atoms with E-state index in [0.29, 0.717) is 37.4 Å². The number of anilines is 1. The van der Waals surface area contributed by atoms with Crippen LogP contribution in [0, 0.1) is 17.1 Å². The van der Waals surface area contributed by atoms with Crippen molar-refractivity contribution in [1.82, 2.24) is 4.90 Å². The van der Waals surface area contributed by atoms with Crippen molar-refractivity contribution in [2.24, 2.45) is 0 Å². The van der Waals surface area contributed by atoms with Gasteiger partial charge in [0.2, 0.25) is 0 Å². The smallest absolute Gasteiger partial charge is 0.257 e. The monoisotopic (exact) mass is 379 g/mol. The van der Waals surface area contributed by atoms with Crippen molar-refractivity contribution >= 4 is 11.6 Å². The van der Waals surface area contributed by atoms with Gasteiger partial charge in [-0.05, 0) is 61.1 Å². The lowest BCUT2D eigenvalue weighted by Crippen LogP contribution is -2.49. The highest BCUT2D eigenvalue weighted by molar-refractivity contribution is 5.97. The van der Waals surface area contributed by atoms with Crippen molar-refractivity contribution in [3.8, 4) is 11.8 Å². The van der Waals surface area contributed by atoms with Crippen molar-refractivity contribution in [2.45, 2.75) is 25.7 Å². The number of nitrogens with zero attached hydrogens (tertiary/aromatic N) is 3. The molecule has 0 bridgehead atoms. The van der Waals surface area contributed by atoms with E-state index < -0.39 is 5.82 Å². The molecule has 1 aliphatic carbocycles. The number of nitriles is 1. The van der Waals surface area contributed by atoms with E-state index in [0.717, 1.165) is 36.8 Å². The Bertz CT molecular complexity index is 959. The molecule has 1 aliphatic heterocycles. The summed E-state index contributed by atoms with van der Waals surface area (Å²) in [4.78, 5) is 16.6. The van der Waals surface area contributed by atoms with Crippen LogP contribution in [0.15, 0.2) is 30.3 Å². The Morgan fingerprint density at radius 2 is 1.75 bits per heavy atom. The fourth-order valence-corrected chi connectivity index (χ4v) is 4.15. The first-order valence-electron chi connectivity index (χ1n) is 9.66. The van der Waals surface area contributed by atoms with Gasteiger partial charge in [0, 0.05) is 26.2 Å². The van der Waals surface area contributed by atoms with Gasteiger partial charge < -0.3 is 14.9 Å². The van der Waals surface area contributed by atoms with Crippen molar-refractivity contribution in [3.05, 3.63) is 58.4 Å². The van der Waals surface area contributed by atoms with Gasteiger partial charge in [-0.1, -0.05) is 6.07 Å². The second kappa shape index (κ2) is 7.51. The summed E-state index contributed by atoms with van der Waals surface area (Å²) in [5.74, 6) is -0.660. The molecule has 0 aromatic heterocycles. The predicted molar refractivity (Wildman–Crippen MR) is 104 cm³/mol. The highest BCUT2D eigenvalue weighted by Crippen LogP contribution is 2.30. The average molecular weight is 379 g/mol. The molecule has 0 radical (unpaired) electrons. The summed E-state index contributed by atoms with van der Waals surface area (Å²) in [6.45, 7) is 1.93. The number of rotatable bonds is 2. The number of carbonyl (C=O) groups is 1. The van der Waals surface area contributed by atoms with Gasteiger partial charge in [0.1, 0.15) is 23.2 Å². The van der Waals surface area contributed by atoms with Crippen LogP contribution in [-0.2, 0) is 12.8 Å². The summed E-state index contributed by atoms with van der Waals surface area (Å²) in [6, 6.07) is 10.1. The standard InChI is InChI=1S/C22H22FN3O2/c23-19-6-3-7-20(18(19)14-24)25-8-10-26(11-9-25)22(28)17-12-15-4-1-2-5-16(15)13-21(17)27/h3,6-7,12-13,27H,1-2,4-5,8-11H2. The quantitative estimate of drug-likeness (QED) is 0.870. The van der Waals surface area contributed by atoms with Crippen LogP contribution in [0.25, 0.3) is 0 Å². The minimum Gasteiger partial charge on any atom is -0.507 e. The molecule has 5 nitrogen and oxygen atoms in total. The molecule has 0 spiro atoms. The van der Waals surface area contributed by atoms with Gasteiger partial charge in [-0.25, -0.2) is 4.39 Å². The average Bonchev–Trinajstić information content (AvgIpc) is 2.72. The summed E-state index contributed by atoms with van der Waals surface area (Å²) >= 11 is 0. The Labute approximate surface area is 163 Å². The lowest BCUT2D eigenvalue weighted by Gasteiger charge is -2.36. The largest absolute Gasteiger partial charge is 0.507 e. The summed E-state index contributed by atoms with van der Waals surface area (Å²) in [5, 5.41) is 19.6. The number of aryl methyl sites for hydroxylation is 2. The van der Waals surface area contributed by atoms with Crippen LogP contribution < -0.4 is 4.90 Å². The third kappa shape index (κ3) is 3.29. The molecule has 1 N–H and O–H groups in total. The number of carbonyl (C=O) groups excluding carboxylic acids is 1. The molecule has 6 heteroatoms. The number of hydrogen-bond donors (Lipinski definition) is 1. The maximum Gasteiger partial charge on any atom is 0.257 e. The van der Waals surface area contributed by atoms with Crippen LogP contribution in [0.5, 0.6) is 5.75 Å². The minimum atomic E-state index is -0.530. The Morgan fingerprint density at radius 1 is 1.07 bits per heavy atom. The van der Waals surface area contributed by atoms with E-state index in [2.05, 4.69) is 0 Å². The zero-order valence-corrected chi connectivity index (χ0v) is 15.6. The Kier molecular flexibility index (Phi) is 4.91. The summed E-state index contributed by atoms with van der Waals surface area (Å²) in [6.07, 6.45) is 4.12. The Morgan fingerprint density at radius 3 is 2.43 bits per heavy atom. The fourth-order valence-electron chi connectivity index (χ4n) is 4.15. The number of phenolic OH excluding ortho intramolecular Hbond substituents is 1. The van der Waals surface area contributed by atoms with E-state index in [1.54, 1.807) is 23.1 Å². The number of aromatic hydroxyl groups is 1. The van der Waals surface area contributed by atoms with Gasteiger partial charge in [0.05, 0.1) is 11.3 Å². The molecule has 144 valence electrons. The van der Waals surface area contributed by atoms with Gasteiger partial charge in [0.25, 0.3) is 5.91 Å². The molecule has 2 aromatic rings. The van der Waals surface area contributed by atoms with Crippen LogP contribution in [0.2, 0.25) is 0 Å². The van der Waals surface area contributed by atoms with Crippen molar-refractivity contribution < 1.29 is 14.3 Å². The molecule has 0 atom stereocenters. The third-order valence-corrected chi connectivity index (χ3v) is 5.70. The van der Waals surface area contributed by atoms with Crippen molar-refractivity contribution in [2.75, 3.05) is 31.1 Å². The van der Waals surface area contributed by atoms with Crippen molar-refractivity contribution in [3.63, 3.8) is 0 Å². The predicted octanol–water partition coefficient (Wildman–Crippen LogP) is 3.24. The lowest BCUT2D eigenvalue weighted by atomic mass is 9.89. The molecule has 1 heterocycles. The second-order valence-corrected chi connectivity index (χ2v) is 7.37. The third-order valence-electron chi connectivity index (χ3n) is 5.70. The summed E-state index contributed by atoms with van der Waals surface area (Å²) < 4.78 is 13.9. The number of halogens is 1. The van der Waals surface area contributed by atoms with E-state index in [4.69, 9.17) is 0 Å². The molecule has 28 heavy (non-hydrogen) atoms. The number of piperazine rings is 1. The molecule has 2 aromatic carbocycles. The van der Waals surface area contributed by atoms with Crippen molar-refractivity contribution in [1.29, 1.82) is 5.26 Å². The topological polar surface area (TPSA) is 67.6 Å². The van der Waals surface area contributed by atoms with E-state index >= 15 is 0 Å². The summed E-state index contributed by atoms with van der Waals surface area (Å²) in [5.41, 5.74) is 3.25. The van der Waals surface area contributed by atoms with Crippen LogP contribution in [0.3, 0.4) is 0 Å². The molecular weight excluding hydrogens is 357 g/mol. The maximum atomic E-state index is 13.9. The number of amides is 1. The van der Waals surface area contributed by atoms with E-state index in [1.807, 2.05) is 17.0 Å². The minimum absolute atomic E-state index is 0.0367. The molecular formula is C22H22FN3O2. The van der Waals surface area contributed by atoms with Crippen LogP contribution in [0.4, 0.5) is 10.1 Å². The normalized spacial score (nSPS) is 16.4. The SMILES string of the molecule is N#Cc1c(F)cccc1N1CCN(C(=O)c2cc3c(cc2O)CCCC3)CC1. The van der Waals surface area contributed by atoms with Gasteiger partial charge >= 0.3 is 0 Å². The van der Waals surface area contributed by atoms with E-state index in [-0.39, 0.29) is 17.2 Å². The number of phenols is 1. The number of benzene rings is 2.